The first-order chi connectivity index (χ1) is 10.1. The van der Waals surface area contributed by atoms with Crippen molar-refractivity contribution in [2.24, 2.45) is 0 Å². The molecule has 2 aromatic heterocycles. The van der Waals surface area contributed by atoms with Crippen molar-refractivity contribution in [3.63, 3.8) is 0 Å². The molecular formula is C14H17N5O2. The standard InChI is InChI=1S/C14H17N5O2/c1-2-11(20)18-7-3-4-9(8-18)19-12-10(17-14(19)21)5-6-16-13(12)15/h2,5-6,9H,1,3-4,7-8H2,(H2,15,16)(H,17,21)/t9-/m1/s1. The van der Waals surface area contributed by atoms with Gasteiger partial charge in [0.15, 0.2) is 0 Å². The Morgan fingerprint density at radius 2 is 2.38 bits per heavy atom. The maximum absolute atomic E-state index is 12.2. The third-order valence-electron chi connectivity index (χ3n) is 3.90. The zero-order chi connectivity index (χ0) is 15.0. The Labute approximate surface area is 121 Å². The van der Waals surface area contributed by atoms with Crippen LogP contribution in [0.5, 0.6) is 0 Å². The normalized spacial score (nSPS) is 18.9. The predicted octanol–water partition coefficient (Wildman–Crippen LogP) is 0.656. The number of hydrogen-bond acceptors (Lipinski definition) is 4. The summed E-state index contributed by atoms with van der Waals surface area (Å²) in [5.41, 5.74) is 6.97. The SMILES string of the molecule is C=CC(=O)N1CCC[C@@H](n2c(=O)[nH]c3ccnc(N)c32)C1. The lowest BCUT2D eigenvalue weighted by molar-refractivity contribution is -0.127. The molecule has 110 valence electrons. The lowest BCUT2D eigenvalue weighted by atomic mass is 10.1. The van der Waals surface area contributed by atoms with Crippen molar-refractivity contribution >= 4 is 22.8 Å². The molecule has 3 N–H and O–H groups in total. The average Bonchev–Trinajstić information content (AvgIpc) is 2.84. The van der Waals surface area contributed by atoms with Crippen molar-refractivity contribution in [2.75, 3.05) is 18.8 Å². The van der Waals surface area contributed by atoms with Gasteiger partial charge < -0.3 is 15.6 Å². The number of nitrogens with one attached hydrogen (secondary N) is 1. The van der Waals surface area contributed by atoms with E-state index < -0.39 is 0 Å². The predicted molar refractivity (Wildman–Crippen MR) is 79.8 cm³/mol. The summed E-state index contributed by atoms with van der Waals surface area (Å²) in [6.07, 6.45) is 4.52. The quantitative estimate of drug-likeness (QED) is 0.793. The van der Waals surface area contributed by atoms with Gasteiger partial charge in [0.1, 0.15) is 11.3 Å². The molecule has 1 atom stereocenters. The van der Waals surface area contributed by atoms with Crippen molar-refractivity contribution in [2.45, 2.75) is 18.9 Å². The number of likely N-dealkylation sites (tertiary alicyclic amines) is 1. The van der Waals surface area contributed by atoms with Crippen LogP contribution >= 0.6 is 0 Å². The van der Waals surface area contributed by atoms with Crippen LogP contribution in [0, 0.1) is 0 Å². The number of nitrogens with two attached hydrogens (primary N) is 1. The maximum Gasteiger partial charge on any atom is 0.326 e. The Bertz CT molecular complexity index is 760. The van der Waals surface area contributed by atoms with E-state index in [1.54, 1.807) is 21.7 Å². The molecule has 1 saturated heterocycles. The topological polar surface area (TPSA) is 97.0 Å². The van der Waals surface area contributed by atoms with E-state index in [0.717, 1.165) is 12.8 Å². The Morgan fingerprint density at radius 3 is 3.14 bits per heavy atom. The van der Waals surface area contributed by atoms with E-state index in [-0.39, 0.29) is 17.6 Å². The number of carbonyl (C=O) groups excluding carboxylic acids is 1. The largest absolute Gasteiger partial charge is 0.382 e. The zero-order valence-electron chi connectivity index (χ0n) is 11.6. The summed E-state index contributed by atoms with van der Waals surface area (Å²) in [6.45, 7) is 4.67. The number of carbonyl (C=O) groups is 1. The Balaban J connectivity index is 2.04. The van der Waals surface area contributed by atoms with E-state index in [1.807, 2.05) is 0 Å². The van der Waals surface area contributed by atoms with E-state index in [2.05, 4.69) is 16.5 Å². The molecule has 21 heavy (non-hydrogen) atoms. The third kappa shape index (κ3) is 2.20. The van der Waals surface area contributed by atoms with Crippen LogP contribution in [0.1, 0.15) is 18.9 Å². The van der Waals surface area contributed by atoms with Gasteiger partial charge in [-0.25, -0.2) is 9.78 Å². The van der Waals surface area contributed by atoms with Crippen LogP contribution in [-0.4, -0.2) is 38.4 Å². The number of H-pyrrole nitrogens is 1. The first kappa shape index (κ1) is 13.4. The average molecular weight is 287 g/mol. The number of hydrogen-bond donors (Lipinski definition) is 2. The second-order valence-electron chi connectivity index (χ2n) is 5.18. The third-order valence-corrected chi connectivity index (χ3v) is 3.90. The number of aromatic amines is 1. The second kappa shape index (κ2) is 5.08. The van der Waals surface area contributed by atoms with E-state index in [9.17, 15) is 9.59 Å². The summed E-state index contributed by atoms with van der Waals surface area (Å²) in [7, 11) is 0. The fourth-order valence-corrected chi connectivity index (χ4v) is 2.94. The van der Waals surface area contributed by atoms with E-state index in [4.69, 9.17) is 5.73 Å². The molecular weight excluding hydrogens is 270 g/mol. The van der Waals surface area contributed by atoms with Gasteiger partial charge in [0, 0.05) is 19.3 Å². The summed E-state index contributed by atoms with van der Waals surface area (Å²) < 4.78 is 1.63. The monoisotopic (exact) mass is 287 g/mol. The highest BCUT2D eigenvalue weighted by Gasteiger charge is 2.26. The first-order valence-corrected chi connectivity index (χ1v) is 6.88. The van der Waals surface area contributed by atoms with Crippen molar-refractivity contribution in [1.29, 1.82) is 0 Å². The number of nitrogens with zero attached hydrogens (tertiary/aromatic N) is 3. The van der Waals surface area contributed by atoms with Crippen LogP contribution in [0.4, 0.5) is 5.82 Å². The van der Waals surface area contributed by atoms with Gasteiger partial charge in [-0.1, -0.05) is 6.58 Å². The van der Waals surface area contributed by atoms with E-state index in [0.29, 0.717) is 29.9 Å². The van der Waals surface area contributed by atoms with Gasteiger partial charge in [-0.2, -0.15) is 0 Å². The molecule has 7 heteroatoms. The van der Waals surface area contributed by atoms with Crippen LogP contribution < -0.4 is 11.4 Å². The van der Waals surface area contributed by atoms with Crippen LogP contribution in [0.3, 0.4) is 0 Å². The molecule has 0 unspecified atom stereocenters. The zero-order valence-corrected chi connectivity index (χ0v) is 11.6. The Kier molecular flexibility index (Phi) is 3.25. The highest BCUT2D eigenvalue weighted by atomic mass is 16.2. The van der Waals surface area contributed by atoms with E-state index in [1.165, 1.54) is 6.08 Å². The van der Waals surface area contributed by atoms with Gasteiger partial charge in [-0.05, 0) is 25.0 Å². The molecule has 0 saturated carbocycles. The summed E-state index contributed by atoms with van der Waals surface area (Å²) in [4.78, 5) is 32.6. The Morgan fingerprint density at radius 1 is 1.57 bits per heavy atom. The Hall–Kier alpha value is -2.57. The number of fused-ring (bicyclic) bond motifs is 1. The van der Waals surface area contributed by atoms with E-state index >= 15 is 0 Å². The van der Waals surface area contributed by atoms with Gasteiger partial charge in [-0.15, -0.1) is 0 Å². The molecule has 2 aromatic rings. The lowest BCUT2D eigenvalue weighted by Gasteiger charge is -2.32. The van der Waals surface area contributed by atoms with Gasteiger partial charge in [0.25, 0.3) is 0 Å². The number of amides is 1. The number of rotatable bonds is 2. The van der Waals surface area contributed by atoms with Gasteiger partial charge in [0.05, 0.1) is 11.6 Å². The van der Waals surface area contributed by atoms with Gasteiger partial charge in [-0.3, -0.25) is 9.36 Å². The molecule has 1 fully saturated rings. The number of pyridine rings is 1. The minimum absolute atomic E-state index is 0.101. The smallest absolute Gasteiger partial charge is 0.326 e. The molecule has 0 spiro atoms. The minimum Gasteiger partial charge on any atom is -0.382 e. The fourth-order valence-electron chi connectivity index (χ4n) is 2.94. The summed E-state index contributed by atoms with van der Waals surface area (Å²) in [5, 5.41) is 0. The highest BCUT2D eigenvalue weighted by molar-refractivity contribution is 5.87. The van der Waals surface area contributed by atoms with Crippen molar-refractivity contribution in [1.82, 2.24) is 19.4 Å². The molecule has 1 amide bonds. The van der Waals surface area contributed by atoms with Crippen LogP contribution in [-0.2, 0) is 4.79 Å². The van der Waals surface area contributed by atoms with Gasteiger partial charge >= 0.3 is 5.69 Å². The van der Waals surface area contributed by atoms with Crippen LogP contribution in [0.15, 0.2) is 29.7 Å². The second-order valence-corrected chi connectivity index (χ2v) is 5.18. The molecule has 0 aromatic carbocycles. The molecule has 3 heterocycles. The molecule has 0 bridgehead atoms. The summed E-state index contributed by atoms with van der Waals surface area (Å²) >= 11 is 0. The molecule has 0 aliphatic carbocycles. The van der Waals surface area contributed by atoms with Crippen LogP contribution in [0.2, 0.25) is 0 Å². The fraction of sp³-hybridized carbons (Fsp3) is 0.357. The first-order valence-electron chi connectivity index (χ1n) is 6.88. The maximum atomic E-state index is 12.2. The summed E-state index contributed by atoms with van der Waals surface area (Å²) in [6, 6.07) is 1.62. The molecule has 7 nitrogen and oxygen atoms in total. The number of nitrogen functional groups attached to an aromatic ring is 1. The number of aromatic nitrogens is 3. The number of imidazole rings is 1. The summed E-state index contributed by atoms with van der Waals surface area (Å²) in [5.74, 6) is 0.205. The molecule has 1 aliphatic heterocycles. The highest BCUT2D eigenvalue weighted by Crippen LogP contribution is 2.25. The van der Waals surface area contributed by atoms with Crippen LogP contribution in [0.25, 0.3) is 11.0 Å². The lowest BCUT2D eigenvalue weighted by Crippen LogP contribution is -2.41. The van der Waals surface area contributed by atoms with Crippen molar-refractivity contribution in [3.05, 3.63) is 35.4 Å². The molecule has 3 rings (SSSR count). The number of piperidine rings is 1. The number of anilines is 1. The van der Waals surface area contributed by atoms with Crippen molar-refractivity contribution < 1.29 is 4.79 Å². The molecule has 0 radical (unpaired) electrons. The minimum atomic E-state index is -0.220. The van der Waals surface area contributed by atoms with Gasteiger partial charge in [0.2, 0.25) is 5.91 Å². The van der Waals surface area contributed by atoms with Crippen molar-refractivity contribution in [3.8, 4) is 0 Å². The molecule has 1 aliphatic rings.